The molecule has 1 saturated carbocycles. The lowest BCUT2D eigenvalue weighted by molar-refractivity contribution is -0.278. The number of aliphatic hydroxyl groups excluding tert-OH is 4. The van der Waals surface area contributed by atoms with Gasteiger partial charge in [0.25, 0.3) is 0 Å². The molecular formula is C26H36N2O7. The van der Waals surface area contributed by atoms with Gasteiger partial charge in [0.15, 0.2) is 0 Å². The van der Waals surface area contributed by atoms with Gasteiger partial charge in [-0.15, -0.1) is 5.10 Å². The minimum absolute atomic E-state index is 0.0886. The summed E-state index contributed by atoms with van der Waals surface area (Å²) in [6.07, 6.45) is -0.236. The van der Waals surface area contributed by atoms with Gasteiger partial charge in [-0.25, -0.2) is 0 Å². The Balaban J connectivity index is 1.41. The van der Waals surface area contributed by atoms with Crippen molar-refractivity contribution in [1.82, 2.24) is 9.78 Å². The molecule has 2 aliphatic heterocycles. The normalized spacial score (nSPS) is 31.8. The smallest absolute Gasteiger partial charge is 0.239 e. The molecule has 3 heterocycles. The van der Waals surface area contributed by atoms with Crippen LogP contribution in [0.2, 0.25) is 0 Å². The highest BCUT2D eigenvalue weighted by Gasteiger charge is 2.45. The molecule has 0 bridgehead atoms. The van der Waals surface area contributed by atoms with Gasteiger partial charge in [-0.2, -0.15) is 0 Å². The van der Waals surface area contributed by atoms with Crippen molar-refractivity contribution in [1.29, 1.82) is 0 Å². The van der Waals surface area contributed by atoms with E-state index >= 15 is 0 Å². The predicted octanol–water partition coefficient (Wildman–Crippen LogP) is 1.58. The molecule has 35 heavy (non-hydrogen) atoms. The molecule has 1 aliphatic carbocycles. The first-order chi connectivity index (χ1) is 17.0. The highest BCUT2D eigenvalue weighted by atomic mass is 16.7. The summed E-state index contributed by atoms with van der Waals surface area (Å²) >= 11 is 0. The minimum atomic E-state index is -1.51. The fourth-order valence-electron chi connectivity index (χ4n) is 5.54. The Morgan fingerprint density at radius 3 is 2.43 bits per heavy atom. The van der Waals surface area contributed by atoms with E-state index in [4.69, 9.17) is 19.3 Å². The number of hydrogen-bond donors (Lipinski definition) is 4. The molecule has 3 fully saturated rings. The van der Waals surface area contributed by atoms with Gasteiger partial charge in [0.2, 0.25) is 12.2 Å². The zero-order valence-corrected chi connectivity index (χ0v) is 20.1. The molecule has 1 aromatic heterocycles. The van der Waals surface area contributed by atoms with Gasteiger partial charge in [-0.05, 0) is 43.2 Å². The van der Waals surface area contributed by atoms with Crippen LogP contribution in [0.1, 0.15) is 66.4 Å². The highest BCUT2D eigenvalue weighted by molar-refractivity contribution is 5.38. The topological polar surface area (TPSA) is 126 Å². The fraction of sp³-hybridized carbons (Fsp3) is 0.654. The lowest BCUT2D eigenvalue weighted by Crippen LogP contribution is -2.60. The lowest BCUT2D eigenvalue weighted by Gasteiger charge is -2.39. The Morgan fingerprint density at radius 2 is 1.77 bits per heavy atom. The van der Waals surface area contributed by atoms with E-state index in [0.29, 0.717) is 31.4 Å². The molecule has 5 rings (SSSR count). The fourth-order valence-corrected chi connectivity index (χ4v) is 5.54. The van der Waals surface area contributed by atoms with Crippen LogP contribution in [0, 0.1) is 6.92 Å². The average molecular weight is 489 g/mol. The van der Waals surface area contributed by atoms with Crippen molar-refractivity contribution in [2.24, 2.45) is 0 Å². The molecule has 192 valence electrons. The second-order valence-electron chi connectivity index (χ2n) is 10.0. The number of nitrogens with zero attached hydrogens (tertiary/aromatic N) is 2. The Morgan fingerprint density at radius 1 is 1.03 bits per heavy atom. The largest absolute Gasteiger partial charge is 0.443 e. The van der Waals surface area contributed by atoms with Gasteiger partial charge >= 0.3 is 0 Å². The van der Waals surface area contributed by atoms with Crippen LogP contribution >= 0.6 is 0 Å². The molecule has 9 heteroatoms. The molecule has 2 aromatic rings. The molecule has 4 N–H and O–H groups in total. The van der Waals surface area contributed by atoms with Crippen LogP contribution in [-0.2, 0) is 15.9 Å². The van der Waals surface area contributed by atoms with E-state index in [9.17, 15) is 20.4 Å². The van der Waals surface area contributed by atoms with Gasteiger partial charge in [-0.1, -0.05) is 37.1 Å². The zero-order chi connectivity index (χ0) is 24.5. The summed E-state index contributed by atoms with van der Waals surface area (Å²) in [7, 11) is 0. The number of aliphatic hydroxyl groups is 4. The Labute approximate surface area is 205 Å². The van der Waals surface area contributed by atoms with E-state index < -0.39 is 37.3 Å². The third kappa shape index (κ3) is 4.98. The van der Waals surface area contributed by atoms with Crippen molar-refractivity contribution in [2.75, 3.05) is 19.8 Å². The second-order valence-corrected chi connectivity index (χ2v) is 10.0. The van der Waals surface area contributed by atoms with E-state index in [1.165, 1.54) is 31.2 Å². The number of rotatable bonds is 7. The third-order valence-corrected chi connectivity index (χ3v) is 7.75. The summed E-state index contributed by atoms with van der Waals surface area (Å²) in [5.74, 6) is 0.958. The maximum absolute atomic E-state index is 10.5. The highest BCUT2D eigenvalue weighted by Crippen LogP contribution is 2.35. The number of benzene rings is 1. The van der Waals surface area contributed by atoms with Crippen LogP contribution in [0.25, 0.3) is 0 Å². The van der Waals surface area contributed by atoms with E-state index in [1.54, 1.807) is 0 Å². The monoisotopic (exact) mass is 488 g/mol. The SMILES string of the molecule is Cc1c(Cc2ccc(C3CCCC3)cc2)c(O[C@@H]2O[C@H](CO)[C@@H](O)[C@H](O)[C@H]2O)nn1C1CCOC1. The number of aromatic nitrogens is 2. The first kappa shape index (κ1) is 24.7. The molecule has 6 atom stereocenters. The van der Waals surface area contributed by atoms with Crippen LogP contribution in [0.5, 0.6) is 5.88 Å². The van der Waals surface area contributed by atoms with Crippen molar-refractivity contribution < 1.29 is 34.6 Å². The van der Waals surface area contributed by atoms with Crippen LogP contribution in [0.3, 0.4) is 0 Å². The van der Waals surface area contributed by atoms with E-state index in [-0.39, 0.29) is 6.04 Å². The number of hydrogen-bond acceptors (Lipinski definition) is 8. The van der Waals surface area contributed by atoms with Gasteiger partial charge in [0, 0.05) is 24.3 Å². The van der Waals surface area contributed by atoms with Crippen molar-refractivity contribution in [3.8, 4) is 5.88 Å². The lowest BCUT2D eigenvalue weighted by atomic mass is 9.95. The zero-order valence-electron chi connectivity index (χ0n) is 20.1. The van der Waals surface area contributed by atoms with Crippen LogP contribution < -0.4 is 4.74 Å². The van der Waals surface area contributed by atoms with Crippen molar-refractivity contribution >= 4 is 0 Å². The van der Waals surface area contributed by atoms with Crippen LogP contribution in [-0.4, -0.2) is 80.7 Å². The minimum Gasteiger partial charge on any atom is -0.443 e. The molecule has 3 aliphatic rings. The average Bonchev–Trinajstić information content (AvgIpc) is 3.64. The Kier molecular flexibility index (Phi) is 7.43. The molecule has 9 nitrogen and oxygen atoms in total. The maximum Gasteiger partial charge on any atom is 0.239 e. The first-order valence-electron chi connectivity index (χ1n) is 12.7. The van der Waals surface area contributed by atoms with E-state index in [0.717, 1.165) is 23.2 Å². The molecule has 0 amide bonds. The number of ether oxygens (including phenoxy) is 3. The quantitative estimate of drug-likeness (QED) is 0.463. The van der Waals surface area contributed by atoms with Gasteiger partial charge in [-0.3, -0.25) is 4.68 Å². The van der Waals surface area contributed by atoms with Crippen LogP contribution in [0.4, 0.5) is 0 Å². The summed E-state index contributed by atoms with van der Waals surface area (Å²) in [5.41, 5.74) is 4.32. The summed E-state index contributed by atoms with van der Waals surface area (Å²) in [4.78, 5) is 0. The van der Waals surface area contributed by atoms with Gasteiger partial charge in [0.1, 0.15) is 24.4 Å². The maximum atomic E-state index is 10.5. The predicted molar refractivity (Wildman–Crippen MR) is 126 cm³/mol. The second kappa shape index (κ2) is 10.5. The molecule has 1 aromatic carbocycles. The van der Waals surface area contributed by atoms with Gasteiger partial charge in [0.05, 0.1) is 19.3 Å². The van der Waals surface area contributed by atoms with E-state index in [1.807, 2.05) is 11.6 Å². The Hall–Kier alpha value is -2.01. The van der Waals surface area contributed by atoms with E-state index in [2.05, 4.69) is 24.3 Å². The summed E-state index contributed by atoms with van der Waals surface area (Å²) < 4.78 is 19.1. The van der Waals surface area contributed by atoms with Crippen molar-refractivity contribution in [2.45, 2.75) is 88.1 Å². The third-order valence-electron chi connectivity index (χ3n) is 7.75. The first-order valence-corrected chi connectivity index (χ1v) is 12.7. The standard InChI is InChI=1S/C26H36N2O7/c1-15-20(12-16-6-8-18(9-7-16)17-4-2-3-5-17)25(27-28(15)19-10-11-33-14-19)35-26-24(32)23(31)22(30)21(13-29)34-26/h6-9,17,19,21-24,26,29-32H,2-5,10-14H2,1H3/t19?,21-,22-,23+,24-,26+/m1/s1. The molecule has 2 saturated heterocycles. The summed E-state index contributed by atoms with van der Waals surface area (Å²) in [6.45, 7) is 2.72. The summed E-state index contributed by atoms with van der Waals surface area (Å²) in [5, 5.41) is 45.0. The van der Waals surface area contributed by atoms with Gasteiger partial charge < -0.3 is 34.6 Å². The van der Waals surface area contributed by atoms with Crippen molar-refractivity contribution in [3.05, 3.63) is 46.6 Å². The molecule has 0 radical (unpaired) electrons. The summed E-state index contributed by atoms with van der Waals surface area (Å²) in [6, 6.07) is 8.83. The van der Waals surface area contributed by atoms with Crippen molar-refractivity contribution in [3.63, 3.8) is 0 Å². The molecule has 1 unspecified atom stereocenters. The molecule has 0 spiro atoms. The molecular weight excluding hydrogens is 452 g/mol. The Bertz CT molecular complexity index is 980. The van der Waals surface area contributed by atoms with Crippen LogP contribution in [0.15, 0.2) is 24.3 Å².